The van der Waals surface area contributed by atoms with Crippen LogP contribution in [0.25, 0.3) is 5.69 Å². The van der Waals surface area contributed by atoms with Crippen LogP contribution in [0.3, 0.4) is 0 Å². The minimum absolute atomic E-state index is 0.0688. The van der Waals surface area contributed by atoms with E-state index in [1.165, 1.54) is 5.56 Å². The second-order valence-corrected chi connectivity index (χ2v) is 7.34. The van der Waals surface area contributed by atoms with Gasteiger partial charge in [-0.15, -0.1) is 5.10 Å². The summed E-state index contributed by atoms with van der Waals surface area (Å²) >= 11 is 0. The maximum Gasteiger partial charge on any atom is 0.319 e. The molecule has 2 aromatic carbocycles. The fraction of sp³-hybridized carbons (Fsp3) is 0.300. The molecule has 3 aromatic rings. The van der Waals surface area contributed by atoms with Crippen molar-refractivity contribution in [1.82, 2.24) is 25.5 Å². The fourth-order valence-electron chi connectivity index (χ4n) is 2.63. The average Bonchev–Trinajstić information content (AvgIpc) is 3.15. The van der Waals surface area contributed by atoms with Crippen molar-refractivity contribution >= 4 is 11.7 Å². The number of methoxy groups -OCH3 is 1. The highest BCUT2D eigenvalue weighted by Gasteiger charge is 2.14. The zero-order valence-corrected chi connectivity index (χ0v) is 16.4. The second-order valence-electron chi connectivity index (χ2n) is 7.34. The summed E-state index contributed by atoms with van der Waals surface area (Å²) in [7, 11) is 1.61. The van der Waals surface area contributed by atoms with E-state index in [0.717, 1.165) is 17.1 Å². The molecule has 0 unspecified atom stereocenters. The zero-order valence-electron chi connectivity index (χ0n) is 16.4. The van der Waals surface area contributed by atoms with Crippen molar-refractivity contribution in [3.8, 4) is 11.4 Å². The number of ether oxygens (including phenoxy) is 1. The van der Waals surface area contributed by atoms with Crippen molar-refractivity contribution in [3.05, 3.63) is 59.9 Å². The Hall–Kier alpha value is -3.42. The first kappa shape index (κ1) is 19.3. The summed E-state index contributed by atoms with van der Waals surface area (Å²) in [4.78, 5) is 12.2. The molecule has 3 rings (SSSR count). The lowest BCUT2D eigenvalue weighted by molar-refractivity contribution is 0.251. The third-order valence-corrected chi connectivity index (χ3v) is 4.27. The number of carbonyl (C=O) groups is 1. The molecule has 0 aliphatic rings. The topological polar surface area (TPSA) is 94.0 Å². The molecule has 28 heavy (non-hydrogen) atoms. The van der Waals surface area contributed by atoms with Crippen LogP contribution in [0.1, 0.15) is 32.2 Å². The van der Waals surface area contributed by atoms with E-state index < -0.39 is 0 Å². The molecule has 0 bridgehead atoms. The number of urea groups is 1. The van der Waals surface area contributed by atoms with Crippen molar-refractivity contribution in [2.45, 2.75) is 32.7 Å². The van der Waals surface area contributed by atoms with Crippen LogP contribution in [0.15, 0.2) is 48.5 Å². The third kappa shape index (κ3) is 4.64. The lowest BCUT2D eigenvalue weighted by atomic mass is 9.87. The Morgan fingerprint density at radius 1 is 1.07 bits per heavy atom. The quantitative estimate of drug-likeness (QED) is 0.708. The highest BCUT2D eigenvalue weighted by Crippen LogP contribution is 2.23. The number of carbonyl (C=O) groups excluding carboxylic acids is 1. The molecule has 1 heterocycles. The minimum atomic E-state index is -0.326. The Morgan fingerprint density at radius 3 is 2.36 bits per heavy atom. The molecule has 0 atom stereocenters. The summed E-state index contributed by atoms with van der Waals surface area (Å²) in [6.45, 7) is 6.63. The number of amides is 2. The van der Waals surface area contributed by atoms with Crippen molar-refractivity contribution in [1.29, 1.82) is 0 Å². The number of aromatic nitrogens is 4. The lowest BCUT2D eigenvalue weighted by Crippen LogP contribution is -2.29. The molecule has 146 valence electrons. The SMILES string of the molecule is COc1ccc(-n2nnnc2CNC(=O)Nc2ccc(C(C)(C)C)cc2)cc1. The summed E-state index contributed by atoms with van der Waals surface area (Å²) in [6, 6.07) is 14.8. The van der Waals surface area contributed by atoms with E-state index in [0.29, 0.717) is 5.82 Å². The highest BCUT2D eigenvalue weighted by atomic mass is 16.5. The fourth-order valence-corrected chi connectivity index (χ4v) is 2.63. The molecular weight excluding hydrogens is 356 g/mol. The van der Waals surface area contributed by atoms with E-state index in [2.05, 4.69) is 46.9 Å². The number of hydrogen-bond acceptors (Lipinski definition) is 5. The predicted molar refractivity (Wildman–Crippen MR) is 107 cm³/mol. The van der Waals surface area contributed by atoms with E-state index in [1.807, 2.05) is 48.5 Å². The van der Waals surface area contributed by atoms with Crippen LogP contribution in [0.2, 0.25) is 0 Å². The van der Waals surface area contributed by atoms with Crippen molar-refractivity contribution in [3.63, 3.8) is 0 Å². The third-order valence-electron chi connectivity index (χ3n) is 4.27. The molecule has 2 amide bonds. The van der Waals surface area contributed by atoms with E-state index in [-0.39, 0.29) is 18.0 Å². The molecule has 8 heteroatoms. The monoisotopic (exact) mass is 380 g/mol. The summed E-state index contributed by atoms with van der Waals surface area (Å²) < 4.78 is 6.72. The highest BCUT2D eigenvalue weighted by molar-refractivity contribution is 5.89. The number of nitrogens with one attached hydrogen (secondary N) is 2. The molecule has 0 saturated heterocycles. The van der Waals surface area contributed by atoms with Crippen LogP contribution < -0.4 is 15.4 Å². The lowest BCUT2D eigenvalue weighted by Gasteiger charge is -2.19. The number of rotatable bonds is 5. The summed E-state index contributed by atoms with van der Waals surface area (Å²) in [5, 5.41) is 17.2. The Morgan fingerprint density at radius 2 is 1.75 bits per heavy atom. The van der Waals surface area contributed by atoms with Gasteiger partial charge in [0.2, 0.25) is 0 Å². The first-order valence-corrected chi connectivity index (χ1v) is 8.94. The molecule has 0 radical (unpaired) electrons. The van der Waals surface area contributed by atoms with Gasteiger partial charge in [-0.2, -0.15) is 4.68 Å². The van der Waals surface area contributed by atoms with Crippen LogP contribution in [0, 0.1) is 0 Å². The van der Waals surface area contributed by atoms with Crippen LogP contribution in [-0.4, -0.2) is 33.3 Å². The molecule has 2 N–H and O–H groups in total. The van der Waals surface area contributed by atoms with Gasteiger partial charge in [0.1, 0.15) is 5.75 Å². The van der Waals surface area contributed by atoms with Gasteiger partial charge in [0.15, 0.2) is 5.82 Å². The largest absolute Gasteiger partial charge is 0.497 e. The molecule has 0 fully saturated rings. The molecule has 0 aliphatic carbocycles. The number of nitrogens with zero attached hydrogens (tertiary/aromatic N) is 4. The van der Waals surface area contributed by atoms with E-state index in [1.54, 1.807) is 11.8 Å². The average molecular weight is 380 g/mol. The van der Waals surface area contributed by atoms with Gasteiger partial charge < -0.3 is 15.4 Å². The molecular formula is C20H24N6O2. The smallest absolute Gasteiger partial charge is 0.319 e. The molecule has 0 saturated carbocycles. The Balaban J connectivity index is 1.60. The van der Waals surface area contributed by atoms with E-state index >= 15 is 0 Å². The van der Waals surface area contributed by atoms with Gasteiger partial charge >= 0.3 is 6.03 Å². The summed E-state index contributed by atoms with van der Waals surface area (Å²) in [5.41, 5.74) is 2.78. The number of benzene rings is 2. The van der Waals surface area contributed by atoms with Crippen molar-refractivity contribution in [2.75, 3.05) is 12.4 Å². The number of anilines is 1. The molecule has 0 aliphatic heterocycles. The zero-order chi connectivity index (χ0) is 20.1. The van der Waals surface area contributed by atoms with Gasteiger partial charge in [-0.1, -0.05) is 32.9 Å². The van der Waals surface area contributed by atoms with Gasteiger partial charge in [0.05, 0.1) is 19.3 Å². The van der Waals surface area contributed by atoms with E-state index in [4.69, 9.17) is 4.74 Å². The number of tetrazole rings is 1. The van der Waals surface area contributed by atoms with Gasteiger partial charge in [-0.25, -0.2) is 4.79 Å². The Labute approximate surface area is 163 Å². The Kier molecular flexibility index (Phi) is 5.58. The minimum Gasteiger partial charge on any atom is -0.497 e. The first-order chi connectivity index (χ1) is 13.4. The first-order valence-electron chi connectivity index (χ1n) is 8.94. The molecule has 1 aromatic heterocycles. The van der Waals surface area contributed by atoms with Crippen LogP contribution in [-0.2, 0) is 12.0 Å². The van der Waals surface area contributed by atoms with Crippen molar-refractivity contribution < 1.29 is 9.53 Å². The second kappa shape index (κ2) is 8.08. The van der Waals surface area contributed by atoms with Gasteiger partial charge in [-0.3, -0.25) is 0 Å². The predicted octanol–water partition coefficient (Wildman–Crippen LogP) is 3.29. The standard InChI is InChI=1S/C20H24N6O2/c1-20(2,3)14-5-7-15(8-6-14)22-19(27)21-13-18-23-24-25-26(18)16-9-11-17(28-4)12-10-16/h5-12H,13H2,1-4H3,(H2,21,22,27). The van der Waals surface area contributed by atoms with Crippen LogP contribution in [0.5, 0.6) is 5.75 Å². The van der Waals surface area contributed by atoms with Gasteiger partial charge in [-0.05, 0) is 57.8 Å². The van der Waals surface area contributed by atoms with Crippen LogP contribution >= 0.6 is 0 Å². The van der Waals surface area contributed by atoms with Crippen molar-refractivity contribution in [2.24, 2.45) is 0 Å². The summed E-state index contributed by atoms with van der Waals surface area (Å²) in [5.74, 6) is 1.26. The molecule has 8 nitrogen and oxygen atoms in total. The van der Waals surface area contributed by atoms with E-state index in [9.17, 15) is 4.79 Å². The normalized spacial score (nSPS) is 11.1. The summed E-state index contributed by atoms with van der Waals surface area (Å²) in [6.07, 6.45) is 0. The Bertz CT molecular complexity index is 927. The maximum atomic E-state index is 12.2. The van der Waals surface area contributed by atoms with Crippen LogP contribution in [0.4, 0.5) is 10.5 Å². The number of hydrogen-bond donors (Lipinski definition) is 2. The maximum absolute atomic E-state index is 12.2. The van der Waals surface area contributed by atoms with Gasteiger partial charge in [0.25, 0.3) is 0 Å². The van der Waals surface area contributed by atoms with Gasteiger partial charge in [0, 0.05) is 5.69 Å². The molecule has 0 spiro atoms.